The van der Waals surface area contributed by atoms with E-state index in [1.54, 1.807) is 0 Å². The fraction of sp³-hybridized carbons (Fsp3) is 0.923. The molecule has 3 aliphatic heterocycles. The van der Waals surface area contributed by atoms with Crippen LogP contribution in [-0.4, -0.2) is 41.5 Å². The Morgan fingerprint density at radius 1 is 1.12 bits per heavy atom. The van der Waals surface area contributed by atoms with Crippen LogP contribution in [0.3, 0.4) is 0 Å². The Balaban J connectivity index is 1.79. The molecule has 0 aromatic heterocycles. The van der Waals surface area contributed by atoms with Crippen molar-refractivity contribution in [2.24, 2.45) is 5.73 Å². The lowest BCUT2D eigenvalue weighted by Crippen LogP contribution is -2.63. The van der Waals surface area contributed by atoms with Crippen LogP contribution in [0.5, 0.6) is 0 Å². The highest BCUT2D eigenvalue weighted by atomic mass is 16.2. The van der Waals surface area contributed by atoms with Crippen LogP contribution < -0.4 is 11.1 Å². The Hall–Kier alpha value is -0.610. The normalized spacial score (nSPS) is 43.2. The number of amides is 1. The highest BCUT2D eigenvalue weighted by molar-refractivity contribution is 5.82. The summed E-state index contributed by atoms with van der Waals surface area (Å²) in [6.45, 7) is 0.859. The van der Waals surface area contributed by atoms with Crippen LogP contribution in [-0.2, 0) is 4.79 Å². The van der Waals surface area contributed by atoms with E-state index in [0.29, 0.717) is 18.1 Å². The molecule has 3 saturated heterocycles. The van der Waals surface area contributed by atoms with Crippen molar-refractivity contribution in [3.05, 3.63) is 0 Å². The van der Waals surface area contributed by atoms with Gasteiger partial charge in [0.15, 0.2) is 0 Å². The van der Waals surface area contributed by atoms with E-state index >= 15 is 0 Å². The molecule has 0 aromatic carbocycles. The first-order valence-electron chi connectivity index (χ1n) is 7.06. The van der Waals surface area contributed by atoms with Crippen molar-refractivity contribution in [3.63, 3.8) is 0 Å². The van der Waals surface area contributed by atoms with Crippen LogP contribution in [0.1, 0.15) is 44.9 Å². The van der Waals surface area contributed by atoms with Crippen LogP contribution in [0.15, 0.2) is 0 Å². The van der Waals surface area contributed by atoms with Crippen molar-refractivity contribution < 1.29 is 4.79 Å². The molecule has 3 aliphatic rings. The van der Waals surface area contributed by atoms with Crippen molar-refractivity contribution in [3.8, 4) is 0 Å². The number of hydrogen-bond acceptors (Lipinski definition) is 3. The van der Waals surface area contributed by atoms with E-state index in [2.05, 4.69) is 10.2 Å². The minimum absolute atomic E-state index is 0.131. The van der Waals surface area contributed by atoms with Gasteiger partial charge in [0.1, 0.15) is 0 Å². The first kappa shape index (κ1) is 11.5. The second-order valence-corrected chi connectivity index (χ2v) is 5.87. The number of fused-ring (bicyclic) bond motifs is 2. The van der Waals surface area contributed by atoms with Gasteiger partial charge in [0, 0.05) is 24.7 Å². The highest BCUT2D eigenvalue weighted by Gasteiger charge is 2.43. The topological polar surface area (TPSA) is 58.4 Å². The highest BCUT2D eigenvalue weighted by Crippen LogP contribution is 2.36. The lowest BCUT2D eigenvalue weighted by molar-refractivity contribution is -0.133. The van der Waals surface area contributed by atoms with E-state index in [1.807, 2.05) is 0 Å². The standard InChI is InChI=1S/C13H23N3O/c14-9-7-10-3-1-4-11(8-9)16(10)12-5-2-6-15-13(12)17/h9-12H,1-8,14H2,(H,15,17). The average Bonchev–Trinajstić information content (AvgIpc) is 2.29. The Labute approximate surface area is 103 Å². The molecule has 3 atom stereocenters. The molecule has 3 fully saturated rings. The van der Waals surface area contributed by atoms with Crippen molar-refractivity contribution in [1.82, 2.24) is 10.2 Å². The van der Waals surface area contributed by atoms with E-state index in [4.69, 9.17) is 5.73 Å². The van der Waals surface area contributed by atoms with Gasteiger partial charge in [-0.15, -0.1) is 0 Å². The van der Waals surface area contributed by atoms with E-state index in [9.17, 15) is 4.79 Å². The molecule has 0 aliphatic carbocycles. The molecular formula is C13H23N3O. The molecule has 3 N–H and O–H groups in total. The fourth-order valence-electron chi connectivity index (χ4n) is 4.01. The summed E-state index contributed by atoms with van der Waals surface area (Å²) in [6.07, 6.45) is 8.10. The maximum Gasteiger partial charge on any atom is 0.237 e. The summed E-state index contributed by atoms with van der Waals surface area (Å²) in [5, 5.41) is 3.02. The number of nitrogens with two attached hydrogens (primary N) is 1. The van der Waals surface area contributed by atoms with Crippen LogP contribution in [0.4, 0.5) is 0 Å². The summed E-state index contributed by atoms with van der Waals surface area (Å²) in [6, 6.07) is 1.61. The first-order valence-corrected chi connectivity index (χ1v) is 7.06. The molecule has 1 amide bonds. The van der Waals surface area contributed by atoms with Crippen LogP contribution in [0, 0.1) is 0 Å². The third-order valence-corrected chi connectivity index (χ3v) is 4.68. The molecule has 0 aromatic rings. The van der Waals surface area contributed by atoms with Crippen molar-refractivity contribution in [2.75, 3.05) is 6.54 Å². The Morgan fingerprint density at radius 3 is 2.47 bits per heavy atom. The van der Waals surface area contributed by atoms with Crippen LogP contribution in [0.2, 0.25) is 0 Å². The van der Waals surface area contributed by atoms with Gasteiger partial charge in [0.05, 0.1) is 6.04 Å². The predicted octanol–water partition coefficient (Wildman–Crippen LogP) is 0.609. The number of rotatable bonds is 1. The van der Waals surface area contributed by atoms with Gasteiger partial charge in [-0.2, -0.15) is 0 Å². The summed E-state index contributed by atoms with van der Waals surface area (Å²) in [5.74, 6) is 0.253. The predicted molar refractivity (Wildman–Crippen MR) is 66.5 cm³/mol. The lowest BCUT2D eigenvalue weighted by atomic mass is 9.80. The zero-order valence-electron chi connectivity index (χ0n) is 10.4. The molecule has 0 radical (unpaired) electrons. The van der Waals surface area contributed by atoms with Gasteiger partial charge in [-0.25, -0.2) is 0 Å². The summed E-state index contributed by atoms with van der Waals surface area (Å²) >= 11 is 0. The van der Waals surface area contributed by atoms with Gasteiger partial charge >= 0.3 is 0 Å². The SMILES string of the molecule is NC1CC2CCCC(C1)N2C1CCCNC1=O. The lowest BCUT2D eigenvalue weighted by Gasteiger charge is -2.51. The molecule has 3 heterocycles. The third-order valence-electron chi connectivity index (χ3n) is 4.68. The van der Waals surface area contributed by atoms with Gasteiger partial charge < -0.3 is 11.1 Å². The summed E-state index contributed by atoms with van der Waals surface area (Å²) in [4.78, 5) is 14.5. The van der Waals surface area contributed by atoms with Crippen molar-refractivity contribution in [1.29, 1.82) is 0 Å². The molecular weight excluding hydrogens is 214 g/mol. The van der Waals surface area contributed by atoms with E-state index in [0.717, 1.165) is 32.2 Å². The van der Waals surface area contributed by atoms with Crippen LogP contribution >= 0.6 is 0 Å². The molecule has 3 rings (SSSR count). The molecule has 0 saturated carbocycles. The monoisotopic (exact) mass is 237 g/mol. The summed E-state index contributed by atoms with van der Waals surface area (Å²) < 4.78 is 0. The molecule has 96 valence electrons. The van der Waals surface area contributed by atoms with Gasteiger partial charge in [-0.1, -0.05) is 6.42 Å². The Bertz CT molecular complexity index is 293. The second kappa shape index (κ2) is 4.58. The Morgan fingerprint density at radius 2 is 1.82 bits per heavy atom. The summed E-state index contributed by atoms with van der Waals surface area (Å²) in [5.41, 5.74) is 6.12. The second-order valence-electron chi connectivity index (χ2n) is 5.87. The van der Waals surface area contributed by atoms with Gasteiger partial charge in [-0.3, -0.25) is 9.69 Å². The number of nitrogens with zero attached hydrogens (tertiary/aromatic N) is 1. The maximum atomic E-state index is 12.0. The number of hydrogen-bond donors (Lipinski definition) is 2. The van der Waals surface area contributed by atoms with Crippen molar-refractivity contribution >= 4 is 5.91 Å². The van der Waals surface area contributed by atoms with Crippen molar-refractivity contribution in [2.45, 2.75) is 69.1 Å². The maximum absolute atomic E-state index is 12.0. The molecule has 4 nitrogen and oxygen atoms in total. The number of carbonyl (C=O) groups is 1. The quantitative estimate of drug-likeness (QED) is 0.702. The Kier molecular flexibility index (Phi) is 3.09. The molecule has 0 spiro atoms. The summed E-state index contributed by atoms with van der Waals surface area (Å²) in [7, 11) is 0. The number of nitrogens with one attached hydrogen (secondary N) is 1. The fourth-order valence-corrected chi connectivity index (χ4v) is 4.01. The molecule has 4 heteroatoms. The third kappa shape index (κ3) is 2.08. The van der Waals surface area contributed by atoms with E-state index in [-0.39, 0.29) is 11.9 Å². The minimum atomic E-state index is 0.131. The number of piperidine rings is 3. The number of carbonyl (C=O) groups excluding carboxylic acids is 1. The molecule has 2 bridgehead atoms. The van der Waals surface area contributed by atoms with Gasteiger partial charge in [0.25, 0.3) is 0 Å². The van der Waals surface area contributed by atoms with Gasteiger partial charge in [-0.05, 0) is 38.5 Å². The smallest absolute Gasteiger partial charge is 0.237 e. The largest absolute Gasteiger partial charge is 0.355 e. The van der Waals surface area contributed by atoms with Gasteiger partial charge in [0.2, 0.25) is 5.91 Å². The zero-order valence-corrected chi connectivity index (χ0v) is 10.4. The minimum Gasteiger partial charge on any atom is -0.355 e. The average molecular weight is 237 g/mol. The van der Waals surface area contributed by atoms with Crippen LogP contribution in [0.25, 0.3) is 0 Å². The zero-order chi connectivity index (χ0) is 11.8. The van der Waals surface area contributed by atoms with E-state index < -0.39 is 0 Å². The molecule has 3 unspecified atom stereocenters. The van der Waals surface area contributed by atoms with E-state index in [1.165, 1.54) is 19.3 Å². The first-order chi connectivity index (χ1) is 8.25. The molecule has 17 heavy (non-hydrogen) atoms.